The molecule has 1 heterocycles. The molecule has 3 amide bonds. The highest BCUT2D eigenvalue weighted by molar-refractivity contribution is 5.83. The van der Waals surface area contributed by atoms with Crippen LogP contribution in [0.5, 0.6) is 0 Å². The monoisotopic (exact) mass is 339 g/mol. The normalized spacial score (nSPS) is 17.4. The molecule has 3 rings (SSSR count). The molecule has 0 saturated carbocycles. The molecule has 2 aromatic carbocycles. The Morgan fingerprint density at radius 2 is 1.96 bits per heavy atom. The molecule has 5 nitrogen and oxygen atoms in total. The van der Waals surface area contributed by atoms with Crippen molar-refractivity contribution in [3.63, 3.8) is 0 Å². The Morgan fingerprint density at radius 3 is 2.76 bits per heavy atom. The fourth-order valence-electron chi connectivity index (χ4n) is 3.52. The van der Waals surface area contributed by atoms with Gasteiger partial charge in [-0.2, -0.15) is 0 Å². The molecule has 132 valence electrons. The quantitative estimate of drug-likeness (QED) is 0.879. The highest BCUT2D eigenvalue weighted by atomic mass is 16.2. The topological polar surface area (TPSA) is 75.4 Å². The maximum absolute atomic E-state index is 12.3. The van der Waals surface area contributed by atoms with Crippen LogP contribution >= 0.6 is 0 Å². The molecule has 0 radical (unpaired) electrons. The van der Waals surface area contributed by atoms with Gasteiger partial charge >= 0.3 is 6.03 Å². The number of nitrogens with one attached hydrogen (secondary N) is 1. The Labute approximate surface area is 148 Å². The standard InChI is InChI=1S/C20H25N3O2/c21-19(24)13-16-4-3-11-23(14-16)20(25)22-10-9-15-7-8-17-5-1-2-6-18(17)12-15/h1-2,5-8,12,16H,3-4,9-11,13-14H2,(H2,21,24)(H,22,25)/t16-/m0/s1. The first-order valence-electron chi connectivity index (χ1n) is 8.90. The molecule has 2 aromatic rings. The number of urea groups is 1. The molecule has 1 aliphatic heterocycles. The van der Waals surface area contributed by atoms with Gasteiger partial charge in [0, 0.05) is 26.1 Å². The van der Waals surface area contributed by atoms with Gasteiger partial charge in [-0.25, -0.2) is 4.79 Å². The van der Waals surface area contributed by atoms with E-state index in [1.807, 2.05) is 12.1 Å². The minimum atomic E-state index is -0.288. The van der Waals surface area contributed by atoms with Crippen LogP contribution in [0.15, 0.2) is 42.5 Å². The third kappa shape index (κ3) is 4.72. The third-order valence-corrected chi connectivity index (χ3v) is 4.80. The van der Waals surface area contributed by atoms with E-state index in [2.05, 4.69) is 35.6 Å². The number of likely N-dealkylation sites (tertiary alicyclic amines) is 1. The first-order chi connectivity index (χ1) is 12.1. The first kappa shape index (κ1) is 17.3. The number of piperidine rings is 1. The van der Waals surface area contributed by atoms with E-state index >= 15 is 0 Å². The van der Waals surface area contributed by atoms with Crippen molar-refractivity contribution >= 4 is 22.7 Å². The van der Waals surface area contributed by atoms with E-state index in [4.69, 9.17) is 5.73 Å². The van der Waals surface area contributed by atoms with Crippen molar-refractivity contribution in [3.05, 3.63) is 48.0 Å². The molecule has 0 bridgehead atoms. The van der Waals surface area contributed by atoms with Gasteiger partial charge in [0.15, 0.2) is 0 Å². The van der Waals surface area contributed by atoms with E-state index in [1.54, 1.807) is 4.90 Å². The van der Waals surface area contributed by atoms with E-state index < -0.39 is 0 Å². The van der Waals surface area contributed by atoms with E-state index in [9.17, 15) is 9.59 Å². The second-order valence-electron chi connectivity index (χ2n) is 6.79. The van der Waals surface area contributed by atoms with Crippen molar-refractivity contribution < 1.29 is 9.59 Å². The number of primary amides is 1. The van der Waals surface area contributed by atoms with Crippen molar-refractivity contribution in [1.82, 2.24) is 10.2 Å². The predicted molar refractivity (Wildman–Crippen MR) is 99.2 cm³/mol. The second-order valence-corrected chi connectivity index (χ2v) is 6.79. The number of amides is 3. The average molecular weight is 339 g/mol. The molecule has 0 aromatic heterocycles. The Balaban J connectivity index is 1.49. The first-order valence-corrected chi connectivity index (χ1v) is 8.90. The van der Waals surface area contributed by atoms with Gasteiger partial charge < -0.3 is 16.0 Å². The second kappa shape index (κ2) is 8.01. The molecule has 25 heavy (non-hydrogen) atoms. The summed E-state index contributed by atoms with van der Waals surface area (Å²) < 4.78 is 0. The van der Waals surface area contributed by atoms with Gasteiger partial charge in [-0.3, -0.25) is 4.79 Å². The van der Waals surface area contributed by atoms with Crippen LogP contribution in [0.1, 0.15) is 24.8 Å². The summed E-state index contributed by atoms with van der Waals surface area (Å²) >= 11 is 0. The van der Waals surface area contributed by atoms with Gasteiger partial charge in [0.25, 0.3) is 0 Å². The SMILES string of the molecule is NC(=O)C[C@@H]1CCCN(C(=O)NCCc2ccc3ccccc3c2)C1. The highest BCUT2D eigenvalue weighted by Gasteiger charge is 2.24. The van der Waals surface area contributed by atoms with Crippen molar-refractivity contribution in [3.8, 4) is 0 Å². The number of fused-ring (bicyclic) bond motifs is 1. The number of carbonyl (C=O) groups is 2. The average Bonchev–Trinajstić information content (AvgIpc) is 2.61. The largest absolute Gasteiger partial charge is 0.370 e. The maximum atomic E-state index is 12.3. The zero-order valence-electron chi connectivity index (χ0n) is 14.4. The van der Waals surface area contributed by atoms with E-state index in [0.29, 0.717) is 19.5 Å². The minimum absolute atomic E-state index is 0.0463. The molecule has 0 spiro atoms. The smallest absolute Gasteiger partial charge is 0.317 e. The van der Waals surface area contributed by atoms with Gasteiger partial charge in [-0.05, 0) is 41.5 Å². The molecule has 5 heteroatoms. The zero-order valence-corrected chi connectivity index (χ0v) is 14.4. The molecule has 1 fully saturated rings. The molecule has 1 aliphatic rings. The third-order valence-electron chi connectivity index (χ3n) is 4.80. The molecule has 0 unspecified atom stereocenters. The predicted octanol–water partition coefficient (Wildman–Crippen LogP) is 2.68. The fourth-order valence-corrected chi connectivity index (χ4v) is 3.52. The van der Waals surface area contributed by atoms with Crippen LogP contribution in [-0.4, -0.2) is 36.5 Å². The number of rotatable bonds is 5. The lowest BCUT2D eigenvalue weighted by atomic mass is 9.95. The Morgan fingerprint density at radius 1 is 1.16 bits per heavy atom. The van der Waals surface area contributed by atoms with Crippen molar-refractivity contribution in [2.45, 2.75) is 25.7 Å². The van der Waals surface area contributed by atoms with Crippen molar-refractivity contribution in [2.24, 2.45) is 11.7 Å². The van der Waals surface area contributed by atoms with Crippen LogP contribution in [-0.2, 0) is 11.2 Å². The van der Waals surface area contributed by atoms with Gasteiger partial charge in [0.2, 0.25) is 5.91 Å². The van der Waals surface area contributed by atoms with Crippen LogP contribution in [0.3, 0.4) is 0 Å². The summed E-state index contributed by atoms with van der Waals surface area (Å²) in [5.41, 5.74) is 6.48. The lowest BCUT2D eigenvalue weighted by Crippen LogP contribution is -2.46. The molecular formula is C20H25N3O2. The summed E-state index contributed by atoms with van der Waals surface area (Å²) in [7, 11) is 0. The van der Waals surface area contributed by atoms with Crippen LogP contribution in [0.4, 0.5) is 4.79 Å². The number of nitrogens with two attached hydrogens (primary N) is 1. The Kier molecular flexibility index (Phi) is 5.53. The number of benzene rings is 2. The number of hydrogen-bond acceptors (Lipinski definition) is 2. The summed E-state index contributed by atoms with van der Waals surface area (Å²) in [5, 5.41) is 5.44. The number of nitrogens with zero attached hydrogens (tertiary/aromatic N) is 1. The van der Waals surface area contributed by atoms with Crippen LogP contribution in [0, 0.1) is 5.92 Å². The van der Waals surface area contributed by atoms with Crippen LogP contribution in [0.25, 0.3) is 10.8 Å². The van der Waals surface area contributed by atoms with E-state index in [0.717, 1.165) is 25.8 Å². The lowest BCUT2D eigenvalue weighted by molar-refractivity contribution is -0.119. The highest BCUT2D eigenvalue weighted by Crippen LogP contribution is 2.19. The molecule has 1 atom stereocenters. The Bertz CT molecular complexity index is 759. The van der Waals surface area contributed by atoms with Gasteiger partial charge in [0.05, 0.1) is 0 Å². The van der Waals surface area contributed by atoms with Crippen molar-refractivity contribution in [1.29, 1.82) is 0 Å². The maximum Gasteiger partial charge on any atom is 0.317 e. The molecule has 0 aliphatic carbocycles. The summed E-state index contributed by atoms with van der Waals surface area (Å²) in [6, 6.07) is 14.6. The summed E-state index contributed by atoms with van der Waals surface area (Å²) in [4.78, 5) is 25.2. The molecule has 3 N–H and O–H groups in total. The summed E-state index contributed by atoms with van der Waals surface area (Å²) in [6.07, 6.45) is 3.05. The Hall–Kier alpha value is -2.56. The van der Waals surface area contributed by atoms with E-state index in [-0.39, 0.29) is 17.9 Å². The fraction of sp³-hybridized carbons (Fsp3) is 0.400. The summed E-state index contributed by atoms with van der Waals surface area (Å²) in [5.74, 6) is -0.0962. The van der Waals surface area contributed by atoms with Gasteiger partial charge in [-0.1, -0.05) is 42.5 Å². The van der Waals surface area contributed by atoms with Gasteiger partial charge in [-0.15, -0.1) is 0 Å². The lowest BCUT2D eigenvalue weighted by Gasteiger charge is -2.32. The van der Waals surface area contributed by atoms with Gasteiger partial charge in [0.1, 0.15) is 0 Å². The zero-order chi connectivity index (χ0) is 17.6. The number of carbonyl (C=O) groups excluding carboxylic acids is 2. The summed E-state index contributed by atoms with van der Waals surface area (Å²) in [6.45, 7) is 1.97. The van der Waals surface area contributed by atoms with Crippen LogP contribution < -0.4 is 11.1 Å². The minimum Gasteiger partial charge on any atom is -0.370 e. The van der Waals surface area contributed by atoms with Crippen molar-refractivity contribution in [2.75, 3.05) is 19.6 Å². The molecule has 1 saturated heterocycles. The van der Waals surface area contributed by atoms with E-state index in [1.165, 1.54) is 16.3 Å². The molecular weight excluding hydrogens is 314 g/mol. The van der Waals surface area contributed by atoms with Crippen LogP contribution in [0.2, 0.25) is 0 Å². The number of hydrogen-bond donors (Lipinski definition) is 2.